The maximum atomic E-state index is 12.5. The minimum Gasteiger partial charge on any atom is -0.279 e. The molecule has 0 aliphatic carbocycles. The highest BCUT2D eigenvalue weighted by molar-refractivity contribution is 8.01. The first-order chi connectivity index (χ1) is 9.76. The third-order valence-corrected chi connectivity index (χ3v) is 5.16. The number of likely N-dealkylation sites (tertiary alicyclic amines) is 1. The summed E-state index contributed by atoms with van der Waals surface area (Å²) in [6, 6.07) is 0.0530. The molecule has 0 N–H and O–H groups in total. The number of thioether (sulfide) groups is 1. The topological polar surface area (TPSA) is 37.4 Å². The maximum absolute atomic E-state index is 12.5. The van der Waals surface area contributed by atoms with Crippen LogP contribution >= 0.6 is 11.8 Å². The molecular weight excluding hydrogens is 282 g/mol. The quantitative estimate of drug-likeness (QED) is 0.492. The first kappa shape index (κ1) is 18.5. The molecule has 0 bridgehead atoms. The highest BCUT2D eigenvalue weighted by atomic mass is 32.2. The summed E-state index contributed by atoms with van der Waals surface area (Å²) in [5, 5.41) is -0.181. The molecule has 0 spiro atoms. The number of imide groups is 1. The summed E-state index contributed by atoms with van der Waals surface area (Å²) in [7, 11) is 0. The minimum atomic E-state index is -0.181. The van der Waals surface area contributed by atoms with Crippen molar-refractivity contribution in [3.8, 4) is 0 Å². The maximum Gasteiger partial charge on any atom is 0.243 e. The van der Waals surface area contributed by atoms with Crippen molar-refractivity contribution in [2.45, 2.75) is 95.6 Å². The van der Waals surface area contributed by atoms with Gasteiger partial charge in [-0.3, -0.25) is 14.5 Å². The first-order valence-electron chi connectivity index (χ1n) is 8.30. The van der Waals surface area contributed by atoms with Crippen LogP contribution in [0.3, 0.4) is 0 Å². The SMILES string of the molecule is CCCCCCCC(C)N1C(=O)CC(SC(C)(C)C)C1=O. The van der Waals surface area contributed by atoms with E-state index < -0.39 is 0 Å². The second kappa shape index (κ2) is 8.21. The fourth-order valence-corrected chi connectivity index (χ4v) is 4.07. The van der Waals surface area contributed by atoms with Crippen molar-refractivity contribution in [2.24, 2.45) is 0 Å². The Morgan fingerprint density at radius 2 is 1.81 bits per heavy atom. The fourth-order valence-electron chi connectivity index (χ4n) is 2.78. The van der Waals surface area contributed by atoms with E-state index in [1.165, 1.54) is 30.6 Å². The number of amides is 2. The Hall–Kier alpha value is -0.510. The molecule has 0 aromatic rings. The third kappa shape index (κ3) is 6.01. The van der Waals surface area contributed by atoms with Crippen molar-refractivity contribution < 1.29 is 9.59 Å². The van der Waals surface area contributed by atoms with Crippen LogP contribution in [0.5, 0.6) is 0 Å². The van der Waals surface area contributed by atoms with Gasteiger partial charge in [0.25, 0.3) is 0 Å². The number of hydrogen-bond donors (Lipinski definition) is 0. The van der Waals surface area contributed by atoms with Gasteiger partial charge in [0.1, 0.15) is 0 Å². The van der Waals surface area contributed by atoms with E-state index in [1.807, 2.05) is 6.92 Å². The van der Waals surface area contributed by atoms with Crippen LogP contribution in [0, 0.1) is 0 Å². The Labute approximate surface area is 134 Å². The minimum absolute atomic E-state index is 0.0139. The Morgan fingerprint density at radius 3 is 2.38 bits per heavy atom. The summed E-state index contributed by atoms with van der Waals surface area (Å²) in [5.41, 5.74) is 0. The highest BCUT2D eigenvalue weighted by Gasteiger charge is 2.42. The summed E-state index contributed by atoms with van der Waals surface area (Å²) < 4.78 is 0.0139. The third-order valence-electron chi connectivity index (χ3n) is 3.80. The lowest BCUT2D eigenvalue weighted by molar-refractivity contribution is -0.140. The van der Waals surface area contributed by atoms with Crippen LogP contribution in [-0.4, -0.2) is 32.8 Å². The van der Waals surface area contributed by atoms with Crippen LogP contribution in [-0.2, 0) is 9.59 Å². The summed E-state index contributed by atoms with van der Waals surface area (Å²) in [4.78, 5) is 26.1. The molecule has 3 nitrogen and oxygen atoms in total. The van der Waals surface area contributed by atoms with Crippen LogP contribution < -0.4 is 0 Å². The van der Waals surface area contributed by atoms with Crippen molar-refractivity contribution in [1.82, 2.24) is 4.90 Å². The van der Waals surface area contributed by atoms with E-state index in [4.69, 9.17) is 0 Å². The molecule has 0 aromatic heterocycles. The van der Waals surface area contributed by atoms with Crippen LogP contribution in [0.1, 0.15) is 79.6 Å². The zero-order chi connectivity index (χ0) is 16.0. The molecule has 1 fully saturated rings. The van der Waals surface area contributed by atoms with Gasteiger partial charge in [-0.25, -0.2) is 0 Å². The molecule has 2 atom stereocenters. The van der Waals surface area contributed by atoms with Gasteiger partial charge in [0.15, 0.2) is 0 Å². The number of rotatable bonds is 8. The number of carbonyl (C=O) groups excluding carboxylic acids is 2. The molecule has 1 heterocycles. The summed E-state index contributed by atoms with van der Waals surface area (Å²) in [6.07, 6.45) is 7.40. The summed E-state index contributed by atoms with van der Waals surface area (Å²) in [5.74, 6) is 0.0452. The van der Waals surface area contributed by atoms with Gasteiger partial charge in [-0.1, -0.05) is 59.8 Å². The van der Waals surface area contributed by atoms with E-state index in [2.05, 4.69) is 27.7 Å². The molecule has 2 unspecified atom stereocenters. The van der Waals surface area contributed by atoms with Gasteiger partial charge in [0, 0.05) is 17.2 Å². The molecule has 1 saturated heterocycles. The van der Waals surface area contributed by atoms with E-state index in [-0.39, 0.29) is 27.9 Å². The summed E-state index contributed by atoms with van der Waals surface area (Å²) >= 11 is 1.62. The van der Waals surface area contributed by atoms with Gasteiger partial charge in [0.05, 0.1) is 5.25 Å². The molecule has 0 aromatic carbocycles. The monoisotopic (exact) mass is 313 g/mol. The molecular formula is C17H31NO2S. The standard InChI is InChI=1S/C17H31NO2S/c1-6-7-8-9-10-11-13(2)18-15(19)12-14(16(18)20)21-17(3,4)5/h13-14H,6-12H2,1-5H3. The normalized spacial score (nSPS) is 21.2. The lowest BCUT2D eigenvalue weighted by atomic mass is 10.1. The van der Waals surface area contributed by atoms with Crippen molar-refractivity contribution >= 4 is 23.6 Å². The van der Waals surface area contributed by atoms with Crippen LogP contribution in [0.2, 0.25) is 0 Å². The smallest absolute Gasteiger partial charge is 0.243 e. The Balaban J connectivity index is 2.46. The van der Waals surface area contributed by atoms with Gasteiger partial charge in [-0.2, -0.15) is 0 Å². The number of hydrogen-bond acceptors (Lipinski definition) is 3. The van der Waals surface area contributed by atoms with E-state index in [0.29, 0.717) is 6.42 Å². The first-order valence-corrected chi connectivity index (χ1v) is 9.18. The number of carbonyl (C=O) groups is 2. The average Bonchev–Trinajstić information content (AvgIpc) is 2.62. The van der Waals surface area contributed by atoms with Crippen molar-refractivity contribution in [2.75, 3.05) is 0 Å². The van der Waals surface area contributed by atoms with Crippen LogP contribution in [0.4, 0.5) is 0 Å². The molecule has 2 amide bonds. The fraction of sp³-hybridized carbons (Fsp3) is 0.882. The zero-order valence-corrected chi connectivity index (χ0v) is 15.1. The molecule has 21 heavy (non-hydrogen) atoms. The van der Waals surface area contributed by atoms with Crippen LogP contribution in [0.25, 0.3) is 0 Å². The van der Waals surface area contributed by atoms with Crippen molar-refractivity contribution in [3.63, 3.8) is 0 Å². The van der Waals surface area contributed by atoms with E-state index in [9.17, 15) is 9.59 Å². The Bertz CT molecular complexity index is 362. The van der Waals surface area contributed by atoms with Gasteiger partial charge < -0.3 is 0 Å². The van der Waals surface area contributed by atoms with Gasteiger partial charge >= 0.3 is 0 Å². The van der Waals surface area contributed by atoms with E-state index >= 15 is 0 Å². The molecule has 0 saturated carbocycles. The number of nitrogens with zero attached hydrogens (tertiary/aromatic N) is 1. The Morgan fingerprint density at radius 1 is 1.19 bits per heavy atom. The molecule has 4 heteroatoms. The average molecular weight is 314 g/mol. The van der Waals surface area contributed by atoms with Crippen LogP contribution in [0.15, 0.2) is 0 Å². The molecule has 122 valence electrons. The van der Waals surface area contributed by atoms with Gasteiger partial charge in [-0.15, -0.1) is 11.8 Å². The predicted molar refractivity (Wildman–Crippen MR) is 90.4 cm³/mol. The van der Waals surface area contributed by atoms with E-state index in [0.717, 1.165) is 12.8 Å². The lowest BCUT2D eigenvalue weighted by Crippen LogP contribution is -2.39. The van der Waals surface area contributed by atoms with Gasteiger partial charge in [-0.05, 0) is 13.3 Å². The molecule has 1 rings (SSSR count). The highest BCUT2D eigenvalue weighted by Crippen LogP contribution is 2.35. The molecule has 0 radical (unpaired) electrons. The molecule has 1 aliphatic rings. The lowest BCUT2D eigenvalue weighted by Gasteiger charge is -2.25. The van der Waals surface area contributed by atoms with Crippen molar-refractivity contribution in [3.05, 3.63) is 0 Å². The second-order valence-corrected chi connectivity index (χ2v) is 9.11. The van der Waals surface area contributed by atoms with Gasteiger partial charge in [0.2, 0.25) is 11.8 Å². The largest absolute Gasteiger partial charge is 0.279 e. The number of unbranched alkanes of at least 4 members (excludes halogenated alkanes) is 4. The van der Waals surface area contributed by atoms with E-state index in [1.54, 1.807) is 11.8 Å². The predicted octanol–water partition coefficient (Wildman–Crippen LogP) is 4.39. The summed E-state index contributed by atoms with van der Waals surface area (Å²) in [6.45, 7) is 10.5. The Kier molecular flexibility index (Phi) is 7.25. The second-order valence-electron chi connectivity index (χ2n) is 7.08. The molecule has 1 aliphatic heterocycles. The van der Waals surface area contributed by atoms with Crippen molar-refractivity contribution in [1.29, 1.82) is 0 Å². The zero-order valence-electron chi connectivity index (χ0n) is 14.3.